The van der Waals surface area contributed by atoms with Gasteiger partial charge in [-0.05, 0) is 32.0 Å². The lowest BCUT2D eigenvalue weighted by atomic mass is 10.2. The van der Waals surface area contributed by atoms with Gasteiger partial charge in [0.1, 0.15) is 4.90 Å². The van der Waals surface area contributed by atoms with Gasteiger partial charge in [0.25, 0.3) is 5.69 Å². The lowest BCUT2D eigenvalue weighted by Gasteiger charge is -2.09. The maximum absolute atomic E-state index is 12.5. The first-order valence-corrected chi connectivity index (χ1v) is 9.00. The molecule has 0 spiro atoms. The van der Waals surface area contributed by atoms with E-state index in [1.807, 2.05) is 19.1 Å². The van der Waals surface area contributed by atoms with Gasteiger partial charge in [0.05, 0.1) is 16.3 Å². The molecular weight excluding hydrogens is 358 g/mol. The molecule has 0 unspecified atom stereocenters. The van der Waals surface area contributed by atoms with Crippen LogP contribution in [0.3, 0.4) is 0 Å². The number of hydrogen-bond acceptors (Lipinski definition) is 6. The van der Waals surface area contributed by atoms with Gasteiger partial charge in [-0.3, -0.25) is 10.1 Å². The quantitative estimate of drug-likeness (QED) is 0.386. The van der Waals surface area contributed by atoms with Crippen LogP contribution in [0, 0.1) is 24.0 Å². The first-order valence-electron chi connectivity index (χ1n) is 7.59. The Bertz CT molecular complexity index is 1070. The number of nitro groups is 1. The van der Waals surface area contributed by atoms with Crippen LogP contribution in [0.15, 0.2) is 59.5 Å². The van der Waals surface area contributed by atoms with Gasteiger partial charge in [0, 0.05) is 18.2 Å². The average Bonchev–Trinajstić information content (AvgIpc) is 2.95. The normalized spacial score (nSPS) is 11.3. The van der Waals surface area contributed by atoms with Gasteiger partial charge < -0.3 is 4.18 Å². The van der Waals surface area contributed by atoms with Gasteiger partial charge in [0.15, 0.2) is 0 Å². The molecule has 1 heterocycles. The van der Waals surface area contributed by atoms with Crippen molar-refractivity contribution in [2.24, 2.45) is 0 Å². The molecule has 26 heavy (non-hydrogen) atoms. The summed E-state index contributed by atoms with van der Waals surface area (Å²) in [5, 5.41) is 15.1. The highest BCUT2D eigenvalue weighted by Gasteiger charge is 2.22. The zero-order chi connectivity index (χ0) is 18.9. The van der Waals surface area contributed by atoms with Crippen LogP contribution < -0.4 is 4.18 Å². The van der Waals surface area contributed by atoms with Crippen LogP contribution in [-0.4, -0.2) is 23.1 Å². The van der Waals surface area contributed by atoms with Crippen LogP contribution in [0.4, 0.5) is 5.69 Å². The van der Waals surface area contributed by atoms with Crippen molar-refractivity contribution in [3.05, 3.63) is 76.0 Å². The second-order valence-electron chi connectivity index (χ2n) is 5.66. The molecule has 3 aromatic rings. The van der Waals surface area contributed by atoms with Gasteiger partial charge in [-0.1, -0.05) is 23.8 Å². The van der Waals surface area contributed by atoms with E-state index in [9.17, 15) is 18.5 Å². The van der Waals surface area contributed by atoms with Crippen LogP contribution >= 0.6 is 0 Å². The molecule has 0 amide bonds. The Hall–Kier alpha value is -3.20. The minimum Gasteiger partial charge on any atom is -0.358 e. The van der Waals surface area contributed by atoms with Crippen molar-refractivity contribution in [3.8, 4) is 11.6 Å². The summed E-state index contributed by atoms with van der Waals surface area (Å²) >= 11 is 0. The van der Waals surface area contributed by atoms with Crippen molar-refractivity contribution >= 4 is 15.8 Å². The molecule has 9 heteroatoms. The number of nitrogens with zero attached hydrogens (tertiary/aromatic N) is 3. The fourth-order valence-corrected chi connectivity index (χ4v) is 3.27. The van der Waals surface area contributed by atoms with Gasteiger partial charge >= 0.3 is 10.1 Å². The number of benzene rings is 2. The monoisotopic (exact) mass is 373 g/mol. The largest absolute Gasteiger partial charge is 0.358 e. The Labute approximate surface area is 149 Å². The molecular formula is C17H15N3O5S. The molecule has 0 fully saturated rings. The van der Waals surface area contributed by atoms with E-state index >= 15 is 0 Å². The summed E-state index contributed by atoms with van der Waals surface area (Å²) in [5.41, 5.74) is 1.91. The van der Waals surface area contributed by atoms with Crippen LogP contribution in [0.1, 0.15) is 11.3 Å². The second-order valence-corrected chi connectivity index (χ2v) is 7.21. The number of aryl methyl sites for hydroxylation is 2. The summed E-state index contributed by atoms with van der Waals surface area (Å²) in [4.78, 5) is 9.89. The molecule has 1 aromatic heterocycles. The fraction of sp³-hybridized carbons (Fsp3) is 0.118. The standard InChI is InChI=1S/C17H15N3O5S/c1-12-6-8-14(9-7-12)19-17(10-13(2)18-19)25-26(23,24)16-5-3-4-15(11-16)20(21)22/h3-11H,1-2H3. The third-order valence-corrected chi connectivity index (χ3v) is 4.81. The molecule has 0 aliphatic heterocycles. The van der Waals surface area contributed by atoms with Gasteiger partial charge in [-0.25, -0.2) is 0 Å². The van der Waals surface area contributed by atoms with Crippen LogP contribution in [-0.2, 0) is 10.1 Å². The van der Waals surface area contributed by atoms with Crippen molar-refractivity contribution in [1.29, 1.82) is 0 Å². The van der Waals surface area contributed by atoms with Crippen molar-refractivity contribution < 1.29 is 17.5 Å². The molecule has 8 nitrogen and oxygen atoms in total. The fourth-order valence-electron chi connectivity index (χ4n) is 2.32. The third-order valence-electron chi connectivity index (χ3n) is 3.59. The van der Waals surface area contributed by atoms with E-state index in [2.05, 4.69) is 5.10 Å². The van der Waals surface area contributed by atoms with Crippen LogP contribution in [0.2, 0.25) is 0 Å². The Morgan fingerprint density at radius 2 is 1.77 bits per heavy atom. The van der Waals surface area contributed by atoms with Gasteiger partial charge in [-0.15, -0.1) is 0 Å². The number of nitro benzene ring substituents is 1. The van der Waals surface area contributed by atoms with E-state index < -0.39 is 15.0 Å². The predicted octanol–water partition coefficient (Wildman–Crippen LogP) is 3.17. The molecule has 0 saturated heterocycles. The van der Waals surface area contributed by atoms with Crippen molar-refractivity contribution in [2.45, 2.75) is 18.7 Å². The average molecular weight is 373 g/mol. The molecule has 0 aliphatic rings. The van der Waals surface area contributed by atoms with Crippen molar-refractivity contribution in [1.82, 2.24) is 9.78 Å². The van der Waals surface area contributed by atoms with E-state index in [0.717, 1.165) is 11.6 Å². The van der Waals surface area contributed by atoms with Crippen LogP contribution in [0.25, 0.3) is 5.69 Å². The first kappa shape index (κ1) is 17.6. The summed E-state index contributed by atoms with van der Waals surface area (Å²) in [6.07, 6.45) is 0. The summed E-state index contributed by atoms with van der Waals surface area (Å²) in [6.45, 7) is 3.64. The molecule has 3 rings (SSSR count). The summed E-state index contributed by atoms with van der Waals surface area (Å²) < 4.78 is 31.6. The predicted molar refractivity (Wildman–Crippen MR) is 93.9 cm³/mol. The zero-order valence-electron chi connectivity index (χ0n) is 14.0. The van der Waals surface area contributed by atoms with E-state index in [0.29, 0.717) is 11.4 Å². The molecule has 0 radical (unpaired) electrons. The number of hydrogen-bond donors (Lipinski definition) is 0. The molecule has 0 saturated carbocycles. The highest BCUT2D eigenvalue weighted by molar-refractivity contribution is 7.87. The maximum atomic E-state index is 12.5. The molecule has 0 bridgehead atoms. The smallest absolute Gasteiger partial charge is 0.340 e. The van der Waals surface area contributed by atoms with E-state index in [1.165, 1.54) is 28.9 Å². The minimum absolute atomic E-state index is 0.00198. The molecule has 0 aliphatic carbocycles. The maximum Gasteiger partial charge on any atom is 0.340 e. The Kier molecular flexibility index (Phi) is 4.47. The van der Waals surface area contributed by atoms with E-state index in [1.54, 1.807) is 19.1 Å². The highest BCUT2D eigenvalue weighted by atomic mass is 32.2. The third kappa shape index (κ3) is 3.57. The SMILES string of the molecule is Cc1ccc(-n2nc(C)cc2OS(=O)(=O)c2cccc([N+](=O)[O-])c2)cc1. The minimum atomic E-state index is -4.26. The lowest BCUT2D eigenvalue weighted by molar-refractivity contribution is -0.385. The molecule has 134 valence electrons. The number of non-ortho nitro benzene ring substituents is 1. The Morgan fingerprint density at radius 3 is 2.42 bits per heavy atom. The molecule has 0 atom stereocenters. The highest BCUT2D eigenvalue weighted by Crippen LogP contribution is 2.25. The van der Waals surface area contributed by atoms with Crippen molar-refractivity contribution in [3.63, 3.8) is 0 Å². The summed E-state index contributed by atoms with van der Waals surface area (Å²) in [7, 11) is -4.26. The molecule has 0 N–H and O–H groups in total. The summed E-state index contributed by atoms with van der Waals surface area (Å²) in [5.74, 6) is -0.00198. The summed E-state index contributed by atoms with van der Waals surface area (Å²) in [6, 6.07) is 13.5. The zero-order valence-corrected chi connectivity index (χ0v) is 14.8. The number of aromatic nitrogens is 2. The number of rotatable bonds is 5. The van der Waals surface area contributed by atoms with E-state index in [4.69, 9.17) is 4.18 Å². The van der Waals surface area contributed by atoms with Gasteiger partial charge in [-0.2, -0.15) is 18.2 Å². The molecule has 2 aromatic carbocycles. The second kappa shape index (κ2) is 6.60. The lowest BCUT2D eigenvalue weighted by Crippen LogP contribution is -2.13. The van der Waals surface area contributed by atoms with E-state index in [-0.39, 0.29) is 16.5 Å². The van der Waals surface area contributed by atoms with Crippen LogP contribution in [0.5, 0.6) is 5.88 Å². The Morgan fingerprint density at radius 1 is 1.08 bits per heavy atom. The topological polar surface area (TPSA) is 104 Å². The Balaban J connectivity index is 1.99. The first-order chi connectivity index (χ1) is 12.3. The van der Waals surface area contributed by atoms with Gasteiger partial charge in [0.2, 0.25) is 5.88 Å². The van der Waals surface area contributed by atoms with Crippen molar-refractivity contribution in [2.75, 3.05) is 0 Å².